The summed E-state index contributed by atoms with van der Waals surface area (Å²) in [5.41, 5.74) is 0.503. The summed E-state index contributed by atoms with van der Waals surface area (Å²) < 4.78 is 9.74. The summed E-state index contributed by atoms with van der Waals surface area (Å²) in [6.45, 7) is 3.31. The summed E-state index contributed by atoms with van der Waals surface area (Å²) in [6.07, 6.45) is 1.41. The van der Waals surface area contributed by atoms with E-state index in [0.717, 1.165) is 0 Å². The molecule has 0 amide bonds. The van der Waals surface area contributed by atoms with Crippen LogP contribution in [-0.2, 0) is 9.53 Å². The summed E-state index contributed by atoms with van der Waals surface area (Å²) in [6, 6.07) is 3.13. The summed E-state index contributed by atoms with van der Waals surface area (Å²) in [7, 11) is 0. The molecule has 0 aliphatic carbocycles. The standard InChI is InChI=1S/C11H13NO4/c1-3-15-11(14)7-16-10-5-4-9(6-12-10)8(2)13/h4-6H,3,7H2,1-2H3. The Morgan fingerprint density at radius 1 is 1.38 bits per heavy atom. The third kappa shape index (κ3) is 3.68. The molecule has 1 aromatic heterocycles. The maximum absolute atomic E-state index is 11.0. The molecule has 5 nitrogen and oxygen atoms in total. The summed E-state index contributed by atoms with van der Waals surface area (Å²) >= 11 is 0. The van der Waals surface area contributed by atoms with Gasteiger partial charge in [-0.15, -0.1) is 0 Å². The first-order chi connectivity index (χ1) is 7.63. The number of ketones is 1. The molecular weight excluding hydrogens is 210 g/mol. The molecular formula is C11H13NO4. The molecule has 16 heavy (non-hydrogen) atoms. The van der Waals surface area contributed by atoms with Gasteiger partial charge >= 0.3 is 5.97 Å². The van der Waals surface area contributed by atoms with Crippen molar-refractivity contribution in [3.05, 3.63) is 23.9 Å². The second-order valence-electron chi connectivity index (χ2n) is 3.03. The molecule has 0 atom stereocenters. The van der Waals surface area contributed by atoms with E-state index in [9.17, 15) is 9.59 Å². The molecule has 0 bridgehead atoms. The Labute approximate surface area is 93.4 Å². The number of ether oxygens (including phenoxy) is 2. The van der Waals surface area contributed by atoms with Crippen LogP contribution >= 0.6 is 0 Å². The van der Waals surface area contributed by atoms with E-state index in [-0.39, 0.29) is 18.3 Å². The number of aromatic nitrogens is 1. The Bertz CT molecular complexity index is 372. The van der Waals surface area contributed by atoms with Gasteiger partial charge in [0.05, 0.1) is 6.61 Å². The molecule has 0 N–H and O–H groups in total. The van der Waals surface area contributed by atoms with Crippen molar-refractivity contribution in [2.45, 2.75) is 13.8 Å². The molecule has 0 aromatic carbocycles. The molecule has 0 saturated heterocycles. The smallest absolute Gasteiger partial charge is 0.344 e. The van der Waals surface area contributed by atoms with Gasteiger partial charge in [0, 0.05) is 17.8 Å². The fourth-order valence-electron chi connectivity index (χ4n) is 1.01. The van der Waals surface area contributed by atoms with Crippen LogP contribution in [0.2, 0.25) is 0 Å². The minimum absolute atomic E-state index is 0.0653. The van der Waals surface area contributed by atoms with Gasteiger partial charge in [-0.1, -0.05) is 0 Å². The van der Waals surface area contributed by atoms with Crippen LogP contribution in [0.4, 0.5) is 0 Å². The molecule has 0 saturated carbocycles. The average molecular weight is 223 g/mol. The lowest BCUT2D eigenvalue weighted by Gasteiger charge is -2.04. The second kappa shape index (κ2) is 5.85. The predicted octanol–water partition coefficient (Wildman–Crippen LogP) is 1.23. The van der Waals surface area contributed by atoms with Crippen molar-refractivity contribution in [1.29, 1.82) is 0 Å². The normalized spacial score (nSPS) is 9.62. The minimum atomic E-state index is -0.444. The number of pyridine rings is 1. The van der Waals surface area contributed by atoms with E-state index in [1.54, 1.807) is 13.0 Å². The zero-order valence-corrected chi connectivity index (χ0v) is 9.23. The lowest BCUT2D eigenvalue weighted by atomic mass is 10.2. The number of rotatable bonds is 5. The molecule has 5 heteroatoms. The summed E-state index contributed by atoms with van der Waals surface area (Å²) in [5, 5.41) is 0. The van der Waals surface area contributed by atoms with Gasteiger partial charge in [0.2, 0.25) is 5.88 Å². The van der Waals surface area contributed by atoms with Crippen LogP contribution in [0.3, 0.4) is 0 Å². The van der Waals surface area contributed by atoms with E-state index < -0.39 is 5.97 Å². The average Bonchev–Trinajstić information content (AvgIpc) is 2.27. The number of carbonyl (C=O) groups is 2. The van der Waals surface area contributed by atoms with Gasteiger partial charge in [-0.3, -0.25) is 4.79 Å². The SMILES string of the molecule is CCOC(=O)COc1ccc(C(C)=O)cn1. The third-order valence-electron chi connectivity index (χ3n) is 1.79. The van der Waals surface area contributed by atoms with Gasteiger partial charge in [0.25, 0.3) is 0 Å². The van der Waals surface area contributed by atoms with E-state index in [4.69, 9.17) is 4.74 Å². The molecule has 1 heterocycles. The molecule has 86 valence electrons. The first-order valence-electron chi connectivity index (χ1n) is 4.89. The highest BCUT2D eigenvalue weighted by molar-refractivity contribution is 5.93. The van der Waals surface area contributed by atoms with Crippen molar-refractivity contribution in [3.63, 3.8) is 0 Å². The Hall–Kier alpha value is -1.91. The minimum Gasteiger partial charge on any atom is -0.466 e. The third-order valence-corrected chi connectivity index (χ3v) is 1.79. The van der Waals surface area contributed by atoms with Gasteiger partial charge in [-0.2, -0.15) is 0 Å². The fraction of sp³-hybridized carbons (Fsp3) is 0.364. The van der Waals surface area contributed by atoms with Crippen LogP contribution in [-0.4, -0.2) is 30.0 Å². The molecule has 1 aromatic rings. The summed E-state index contributed by atoms with van der Waals surface area (Å²) in [5.74, 6) is -0.220. The maximum Gasteiger partial charge on any atom is 0.344 e. The largest absolute Gasteiger partial charge is 0.466 e. The van der Waals surface area contributed by atoms with Gasteiger partial charge in [0.1, 0.15) is 0 Å². The number of esters is 1. The van der Waals surface area contributed by atoms with Gasteiger partial charge in [-0.05, 0) is 19.9 Å². The van der Waals surface area contributed by atoms with Crippen molar-refractivity contribution in [3.8, 4) is 5.88 Å². The van der Waals surface area contributed by atoms with Crippen LogP contribution in [0.5, 0.6) is 5.88 Å². The fourth-order valence-corrected chi connectivity index (χ4v) is 1.01. The van der Waals surface area contributed by atoms with Crippen LogP contribution in [0.1, 0.15) is 24.2 Å². The molecule has 0 fully saturated rings. The summed E-state index contributed by atoms with van der Waals surface area (Å²) in [4.78, 5) is 25.8. The van der Waals surface area contributed by atoms with E-state index in [1.165, 1.54) is 19.2 Å². The highest BCUT2D eigenvalue weighted by Gasteiger charge is 2.04. The van der Waals surface area contributed by atoms with Crippen LogP contribution < -0.4 is 4.74 Å². The van der Waals surface area contributed by atoms with Crippen LogP contribution in [0, 0.1) is 0 Å². The maximum atomic E-state index is 11.0. The van der Waals surface area contributed by atoms with Gasteiger partial charge in [-0.25, -0.2) is 9.78 Å². The topological polar surface area (TPSA) is 65.5 Å². The number of Topliss-reactive ketones (excluding diaryl/α,β-unsaturated/α-hetero) is 1. The van der Waals surface area contributed by atoms with Gasteiger partial charge < -0.3 is 9.47 Å². The van der Waals surface area contributed by atoms with E-state index in [2.05, 4.69) is 9.72 Å². The van der Waals surface area contributed by atoms with Crippen LogP contribution in [0.15, 0.2) is 18.3 Å². The highest BCUT2D eigenvalue weighted by Crippen LogP contribution is 2.07. The lowest BCUT2D eigenvalue weighted by molar-refractivity contribution is -0.145. The zero-order chi connectivity index (χ0) is 12.0. The molecule has 0 spiro atoms. The predicted molar refractivity (Wildman–Crippen MR) is 56.4 cm³/mol. The zero-order valence-electron chi connectivity index (χ0n) is 9.23. The molecule has 1 rings (SSSR count). The van der Waals surface area contributed by atoms with Crippen molar-refractivity contribution in [2.75, 3.05) is 13.2 Å². The number of carbonyl (C=O) groups excluding carboxylic acids is 2. The van der Waals surface area contributed by atoms with E-state index in [1.807, 2.05) is 0 Å². The lowest BCUT2D eigenvalue weighted by Crippen LogP contribution is -2.15. The quantitative estimate of drug-likeness (QED) is 0.554. The number of hydrogen-bond acceptors (Lipinski definition) is 5. The second-order valence-corrected chi connectivity index (χ2v) is 3.03. The molecule has 0 radical (unpaired) electrons. The first kappa shape index (κ1) is 12.2. The monoisotopic (exact) mass is 223 g/mol. The first-order valence-corrected chi connectivity index (χ1v) is 4.89. The van der Waals surface area contributed by atoms with E-state index in [0.29, 0.717) is 12.2 Å². The Kier molecular flexibility index (Phi) is 4.44. The van der Waals surface area contributed by atoms with E-state index >= 15 is 0 Å². The van der Waals surface area contributed by atoms with Crippen molar-refractivity contribution in [2.24, 2.45) is 0 Å². The molecule has 0 aliphatic heterocycles. The Morgan fingerprint density at radius 2 is 2.12 bits per heavy atom. The van der Waals surface area contributed by atoms with Gasteiger partial charge in [0.15, 0.2) is 12.4 Å². The van der Waals surface area contributed by atoms with Crippen molar-refractivity contribution >= 4 is 11.8 Å². The Balaban J connectivity index is 2.49. The number of hydrogen-bond donors (Lipinski definition) is 0. The Morgan fingerprint density at radius 3 is 2.62 bits per heavy atom. The molecule has 0 aliphatic rings. The highest BCUT2D eigenvalue weighted by atomic mass is 16.6. The molecule has 0 unspecified atom stereocenters. The van der Waals surface area contributed by atoms with Crippen molar-refractivity contribution in [1.82, 2.24) is 4.98 Å². The van der Waals surface area contributed by atoms with Crippen molar-refractivity contribution < 1.29 is 19.1 Å². The van der Waals surface area contributed by atoms with Crippen LogP contribution in [0.25, 0.3) is 0 Å². The number of nitrogens with zero attached hydrogens (tertiary/aromatic N) is 1.